The molecule has 0 bridgehead atoms. The molecular formula is C19H28N2O4S. The smallest absolute Gasteiger partial charge is 0.335 e. The monoisotopic (exact) mass is 380 g/mol. The molecule has 1 atom stereocenters. The van der Waals surface area contributed by atoms with Gasteiger partial charge < -0.3 is 15.3 Å². The summed E-state index contributed by atoms with van der Waals surface area (Å²) in [6.45, 7) is 5.01. The fourth-order valence-corrected chi connectivity index (χ4v) is 2.49. The van der Waals surface area contributed by atoms with Gasteiger partial charge in [-0.2, -0.15) is 12.6 Å². The van der Waals surface area contributed by atoms with Crippen molar-refractivity contribution in [2.24, 2.45) is 5.92 Å². The molecule has 0 aromatic heterocycles. The first kappa shape index (κ1) is 22.0. The fraction of sp³-hybridized carbons (Fsp3) is 0.526. The quantitative estimate of drug-likeness (QED) is 0.515. The van der Waals surface area contributed by atoms with E-state index in [0.29, 0.717) is 31.8 Å². The van der Waals surface area contributed by atoms with Crippen LogP contribution in [0.1, 0.15) is 49.0 Å². The molecule has 0 aliphatic rings. The number of hydrogen-bond donors (Lipinski definition) is 3. The van der Waals surface area contributed by atoms with Crippen LogP contribution in [0, 0.1) is 5.92 Å². The minimum atomic E-state index is -0.978. The molecule has 1 aromatic rings. The lowest BCUT2D eigenvalue weighted by Crippen LogP contribution is -2.39. The number of carbonyl (C=O) groups excluding carboxylic acids is 2. The Kier molecular flexibility index (Phi) is 9.80. The van der Waals surface area contributed by atoms with E-state index in [1.54, 1.807) is 24.0 Å². The lowest BCUT2D eigenvalue weighted by atomic mass is 10.1. The van der Waals surface area contributed by atoms with Crippen molar-refractivity contribution in [1.29, 1.82) is 0 Å². The highest BCUT2D eigenvalue weighted by Crippen LogP contribution is 2.10. The summed E-state index contributed by atoms with van der Waals surface area (Å²) in [6, 6.07) is 6.49. The van der Waals surface area contributed by atoms with Crippen molar-refractivity contribution in [3.8, 4) is 0 Å². The number of carboxylic acid groups (broad SMARTS) is 1. The third kappa shape index (κ3) is 7.47. The van der Waals surface area contributed by atoms with Crippen molar-refractivity contribution in [2.75, 3.05) is 18.8 Å². The van der Waals surface area contributed by atoms with Crippen LogP contribution in [0.4, 0.5) is 0 Å². The molecule has 0 aliphatic carbocycles. The summed E-state index contributed by atoms with van der Waals surface area (Å²) in [6.07, 6.45) is 2.21. The van der Waals surface area contributed by atoms with Crippen molar-refractivity contribution in [3.05, 3.63) is 35.4 Å². The minimum Gasteiger partial charge on any atom is -0.478 e. The van der Waals surface area contributed by atoms with Crippen LogP contribution < -0.4 is 5.32 Å². The molecule has 1 rings (SSSR count). The van der Waals surface area contributed by atoms with Gasteiger partial charge in [-0.3, -0.25) is 9.59 Å². The fourth-order valence-electron chi connectivity index (χ4n) is 2.32. The van der Waals surface area contributed by atoms with E-state index < -0.39 is 5.97 Å². The first-order valence-electron chi connectivity index (χ1n) is 8.87. The number of amides is 2. The number of unbranched alkanes of at least 4 members (excludes halogenated alkanes) is 1. The SMILES string of the molecule is CCCCC(=O)N(CCNC(=O)C(C)CS)Cc1ccc(C(=O)O)cc1. The van der Waals surface area contributed by atoms with Crippen molar-refractivity contribution >= 4 is 30.4 Å². The van der Waals surface area contributed by atoms with Crippen molar-refractivity contribution in [1.82, 2.24) is 10.2 Å². The molecule has 0 heterocycles. The number of nitrogens with zero attached hydrogens (tertiary/aromatic N) is 1. The highest BCUT2D eigenvalue weighted by Gasteiger charge is 2.15. The van der Waals surface area contributed by atoms with Crippen molar-refractivity contribution < 1.29 is 19.5 Å². The second kappa shape index (κ2) is 11.6. The molecular weight excluding hydrogens is 352 g/mol. The Labute approximate surface area is 160 Å². The van der Waals surface area contributed by atoms with Crippen LogP contribution >= 0.6 is 12.6 Å². The summed E-state index contributed by atoms with van der Waals surface area (Å²) in [5.41, 5.74) is 1.07. The topological polar surface area (TPSA) is 86.7 Å². The molecule has 6 nitrogen and oxygen atoms in total. The zero-order valence-electron chi connectivity index (χ0n) is 15.4. The second-order valence-corrected chi connectivity index (χ2v) is 6.66. The second-order valence-electron chi connectivity index (χ2n) is 6.30. The van der Waals surface area contributed by atoms with Crippen LogP contribution in [-0.2, 0) is 16.1 Å². The van der Waals surface area contributed by atoms with Gasteiger partial charge in [-0.05, 0) is 24.1 Å². The van der Waals surface area contributed by atoms with Gasteiger partial charge in [0.2, 0.25) is 11.8 Å². The standard InChI is InChI=1S/C19H28N2O4S/c1-3-4-5-17(22)21(11-10-20-18(23)14(2)13-26)12-15-6-8-16(9-7-15)19(24)25/h6-9,14,26H,3-5,10-13H2,1-2H3,(H,20,23)(H,24,25). The Bertz CT molecular complexity index is 604. The third-order valence-corrected chi connectivity index (χ3v) is 4.62. The van der Waals surface area contributed by atoms with Crippen LogP contribution in [0.5, 0.6) is 0 Å². The van der Waals surface area contributed by atoms with Gasteiger partial charge in [0.25, 0.3) is 0 Å². The van der Waals surface area contributed by atoms with E-state index in [1.165, 1.54) is 12.1 Å². The van der Waals surface area contributed by atoms with Crippen LogP contribution in [-0.4, -0.2) is 46.6 Å². The van der Waals surface area contributed by atoms with E-state index in [2.05, 4.69) is 17.9 Å². The molecule has 144 valence electrons. The van der Waals surface area contributed by atoms with Crippen LogP contribution in [0.2, 0.25) is 0 Å². The number of hydrogen-bond acceptors (Lipinski definition) is 4. The third-order valence-electron chi connectivity index (χ3n) is 4.07. The number of carbonyl (C=O) groups is 3. The van der Waals surface area contributed by atoms with Gasteiger partial charge in [0.15, 0.2) is 0 Å². The van der Waals surface area contributed by atoms with E-state index in [4.69, 9.17) is 5.11 Å². The highest BCUT2D eigenvalue weighted by molar-refractivity contribution is 7.80. The predicted molar refractivity (Wildman–Crippen MR) is 104 cm³/mol. The number of aromatic carboxylic acids is 1. The highest BCUT2D eigenvalue weighted by atomic mass is 32.1. The first-order chi connectivity index (χ1) is 12.4. The molecule has 0 saturated heterocycles. The van der Waals surface area contributed by atoms with Gasteiger partial charge in [0, 0.05) is 37.7 Å². The maximum Gasteiger partial charge on any atom is 0.335 e. The van der Waals surface area contributed by atoms with Crippen LogP contribution in [0.25, 0.3) is 0 Å². The average molecular weight is 381 g/mol. The molecule has 2 N–H and O–H groups in total. The molecule has 1 aromatic carbocycles. The zero-order valence-corrected chi connectivity index (χ0v) is 16.3. The molecule has 2 amide bonds. The zero-order chi connectivity index (χ0) is 19.5. The summed E-state index contributed by atoms with van der Waals surface area (Å²) < 4.78 is 0. The van der Waals surface area contributed by atoms with E-state index in [1.807, 2.05) is 6.92 Å². The Balaban J connectivity index is 2.70. The summed E-state index contributed by atoms with van der Waals surface area (Å²) in [4.78, 5) is 36.9. The Morgan fingerprint density at radius 2 is 1.88 bits per heavy atom. The van der Waals surface area contributed by atoms with E-state index in [9.17, 15) is 14.4 Å². The average Bonchev–Trinajstić information content (AvgIpc) is 2.64. The molecule has 26 heavy (non-hydrogen) atoms. The van der Waals surface area contributed by atoms with Crippen molar-refractivity contribution in [3.63, 3.8) is 0 Å². The normalized spacial score (nSPS) is 11.7. The molecule has 1 unspecified atom stereocenters. The number of benzene rings is 1. The molecule has 0 fully saturated rings. The largest absolute Gasteiger partial charge is 0.478 e. The summed E-state index contributed by atoms with van der Waals surface area (Å²) >= 11 is 4.11. The maximum atomic E-state index is 12.5. The molecule has 0 radical (unpaired) electrons. The molecule has 0 aliphatic heterocycles. The molecule has 0 saturated carbocycles. The predicted octanol–water partition coefficient (Wildman–Crippen LogP) is 2.59. The van der Waals surface area contributed by atoms with Crippen LogP contribution in [0.15, 0.2) is 24.3 Å². The van der Waals surface area contributed by atoms with E-state index in [-0.39, 0.29) is 23.3 Å². The van der Waals surface area contributed by atoms with Gasteiger partial charge in [0.1, 0.15) is 0 Å². The lowest BCUT2D eigenvalue weighted by molar-refractivity contribution is -0.132. The molecule has 7 heteroatoms. The Morgan fingerprint density at radius 1 is 1.23 bits per heavy atom. The summed E-state index contributed by atoms with van der Waals surface area (Å²) in [7, 11) is 0. The van der Waals surface area contributed by atoms with Crippen LogP contribution in [0.3, 0.4) is 0 Å². The Morgan fingerprint density at radius 3 is 2.42 bits per heavy atom. The van der Waals surface area contributed by atoms with Crippen molar-refractivity contribution in [2.45, 2.75) is 39.7 Å². The maximum absolute atomic E-state index is 12.5. The van der Waals surface area contributed by atoms with Gasteiger partial charge in [-0.15, -0.1) is 0 Å². The Hall–Kier alpha value is -2.02. The van der Waals surface area contributed by atoms with Gasteiger partial charge in [0.05, 0.1) is 5.56 Å². The lowest BCUT2D eigenvalue weighted by Gasteiger charge is -2.23. The summed E-state index contributed by atoms with van der Waals surface area (Å²) in [5, 5.41) is 11.8. The number of thiol groups is 1. The van der Waals surface area contributed by atoms with Gasteiger partial charge in [-0.1, -0.05) is 32.4 Å². The van der Waals surface area contributed by atoms with Gasteiger partial charge in [-0.25, -0.2) is 4.79 Å². The first-order valence-corrected chi connectivity index (χ1v) is 9.50. The minimum absolute atomic E-state index is 0.0330. The summed E-state index contributed by atoms with van der Waals surface area (Å²) in [5.74, 6) is -0.724. The van der Waals surface area contributed by atoms with E-state index in [0.717, 1.165) is 18.4 Å². The van der Waals surface area contributed by atoms with Gasteiger partial charge >= 0.3 is 5.97 Å². The number of rotatable bonds is 11. The molecule has 0 spiro atoms. The number of nitrogens with one attached hydrogen (secondary N) is 1. The van der Waals surface area contributed by atoms with E-state index >= 15 is 0 Å². The number of carboxylic acids is 1.